The first-order valence-electron chi connectivity index (χ1n) is 12.2. The first-order chi connectivity index (χ1) is 18.4. The molecular formula is C29H28FN3O5. The van der Waals surface area contributed by atoms with Crippen molar-refractivity contribution in [2.24, 2.45) is 0 Å². The maximum atomic E-state index is 15.2. The Morgan fingerprint density at radius 2 is 1.53 bits per heavy atom. The molecule has 1 aliphatic rings. The van der Waals surface area contributed by atoms with E-state index in [0.717, 1.165) is 33.5 Å². The number of H-pyrrole nitrogens is 1. The van der Waals surface area contributed by atoms with Gasteiger partial charge in [0.05, 0.1) is 12.6 Å². The fraction of sp³-hybridized carbons (Fsp3) is 0.241. The number of nitrogens with zero attached hydrogens (tertiary/aromatic N) is 1. The molecule has 5 rings (SSSR count). The highest BCUT2D eigenvalue weighted by Gasteiger charge is 2.47. The van der Waals surface area contributed by atoms with Crippen molar-refractivity contribution in [1.82, 2.24) is 14.9 Å². The summed E-state index contributed by atoms with van der Waals surface area (Å²) in [7, 11) is 1.60. The normalized spacial score (nSPS) is 21.3. The van der Waals surface area contributed by atoms with Gasteiger partial charge in [-0.15, -0.1) is 0 Å². The fourth-order valence-electron chi connectivity index (χ4n) is 5.00. The van der Waals surface area contributed by atoms with Crippen LogP contribution in [-0.2, 0) is 10.3 Å². The van der Waals surface area contributed by atoms with Gasteiger partial charge in [-0.3, -0.25) is 19.7 Å². The van der Waals surface area contributed by atoms with Gasteiger partial charge in [-0.25, -0.2) is 9.18 Å². The zero-order valence-electron chi connectivity index (χ0n) is 20.7. The third-order valence-electron chi connectivity index (χ3n) is 6.92. The van der Waals surface area contributed by atoms with Crippen molar-refractivity contribution >= 4 is 0 Å². The molecule has 1 aromatic heterocycles. The number of nitrogens with one attached hydrogen (secondary N) is 2. The second-order valence-corrected chi connectivity index (χ2v) is 9.11. The van der Waals surface area contributed by atoms with Gasteiger partial charge in [-0.1, -0.05) is 72.8 Å². The van der Waals surface area contributed by atoms with Gasteiger partial charge in [0, 0.05) is 18.8 Å². The van der Waals surface area contributed by atoms with E-state index in [1.807, 2.05) is 84.9 Å². The molecule has 1 aliphatic heterocycles. The quantitative estimate of drug-likeness (QED) is 0.311. The molecule has 0 amide bonds. The molecule has 8 nitrogen and oxygen atoms in total. The lowest BCUT2D eigenvalue weighted by Crippen LogP contribution is -2.49. The lowest BCUT2D eigenvalue weighted by molar-refractivity contribution is -0.0275. The molecule has 0 aliphatic carbocycles. The van der Waals surface area contributed by atoms with E-state index in [1.165, 1.54) is 0 Å². The molecule has 4 aromatic rings. The van der Waals surface area contributed by atoms with Gasteiger partial charge >= 0.3 is 5.69 Å². The smallest absolute Gasteiger partial charge is 0.330 e. The third kappa shape index (κ3) is 4.67. The van der Waals surface area contributed by atoms with Crippen LogP contribution in [0, 0.1) is 0 Å². The van der Waals surface area contributed by atoms with Crippen molar-refractivity contribution in [2.75, 3.05) is 13.7 Å². The summed E-state index contributed by atoms with van der Waals surface area (Å²) in [5.41, 5.74) is 0.438. The van der Waals surface area contributed by atoms with Crippen molar-refractivity contribution in [1.29, 1.82) is 0 Å². The van der Waals surface area contributed by atoms with Gasteiger partial charge in [0.15, 0.2) is 12.4 Å². The van der Waals surface area contributed by atoms with E-state index >= 15 is 4.39 Å². The van der Waals surface area contributed by atoms with Crippen LogP contribution in [0.1, 0.15) is 22.9 Å². The first-order valence-corrected chi connectivity index (χ1v) is 12.2. The minimum absolute atomic E-state index is 0.0476. The second kappa shape index (κ2) is 10.7. The van der Waals surface area contributed by atoms with E-state index in [0.29, 0.717) is 5.75 Å². The average Bonchev–Trinajstić information content (AvgIpc) is 3.23. The average molecular weight is 518 g/mol. The van der Waals surface area contributed by atoms with Gasteiger partial charge in [-0.05, 0) is 28.8 Å². The minimum atomic E-state index is -1.88. The molecule has 2 heterocycles. The molecular weight excluding hydrogens is 489 g/mol. The van der Waals surface area contributed by atoms with Crippen molar-refractivity contribution < 1.29 is 19.0 Å². The molecule has 0 saturated carbocycles. The summed E-state index contributed by atoms with van der Waals surface area (Å²) in [6, 6.07) is 28.4. The fourth-order valence-corrected chi connectivity index (χ4v) is 5.00. The summed E-state index contributed by atoms with van der Waals surface area (Å²) >= 11 is 0. The van der Waals surface area contributed by atoms with Gasteiger partial charge in [0.2, 0.25) is 0 Å². The number of aliphatic hydroxyl groups is 1. The number of benzene rings is 3. The number of alkyl halides is 1. The highest BCUT2D eigenvalue weighted by molar-refractivity contribution is 5.50. The van der Waals surface area contributed by atoms with Gasteiger partial charge in [-0.2, -0.15) is 0 Å². The summed E-state index contributed by atoms with van der Waals surface area (Å²) in [5, 5.41) is 14.3. The molecule has 9 heteroatoms. The Hall–Kier alpha value is -4.05. The number of methoxy groups -OCH3 is 1. The zero-order valence-corrected chi connectivity index (χ0v) is 20.7. The lowest BCUT2D eigenvalue weighted by Gasteiger charge is -2.38. The summed E-state index contributed by atoms with van der Waals surface area (Å²) in [6.07, 6.45) is -4.60. The summed E-state index contributed by atoms with van der Waals surface area (Å²) < 4.78 is 27.4. The van der Waals surface area contributed by atoms with Crippen LogP contribution in [-0.4, -0.2) is 46.7 Å². The van der Waals surface area contributed by atoms with E-state index in [9.17, 15) is 14.7 Å². The van der Waals surface area contributed by atoms with Crippen LogP contribution in [0.15, 0.2) is 107 Å². The molecule has 3 N–H and O–H groups in total. The molecule has 0 bridgehead atoms. The van der Waals surface area contributed by atoms with Crippen LogP contribution < -0.4 is 21.3 Å². The van der Waals surface area contributed by atoms with E-state index in [1.54, 1.807) is 7.11 Å². The minimum Gasteiger partial charge on any atom is -0.497 e. The molecule has 3 aromatic carbocycles. The van der Waals surface area contributed by atoms with Crippen LogP contribution in [0.5, 0.6) is 5.75 Å². The largest absolute Gasteiger partial charge is 0.497 e. The number of hydrogen-bond donors (Lipinski definition) is 3. The maximum absolute atomic E-state index is 15.2. The van der Waals surface area contributed by atoms with E-state index in [2.05, 4.69) is 10.3 Å². The number of ether oxygens (including phenoxy) is 2. The third-order valence-corrected chi connectivity index (χ3v) is 6.92. The van der Waals surface area contributed by atoms with Crippen molar-refractivity contribution in [3.63, 3.8) is 0 Å². The number of aromatic amines is 1. The van der Waals surface area contributed by atoms with Crippen molar-refractivity contribution in [2.45, 2.75) is 30.1 Å². The Labute approximate surface area is 218 Å². The first kappa shape index (κ1) is 25.6. The van der Waals surface area contributed by atoms with Gasteiger partial charge in [0.1, 0.15) is 18.0 Å². The molecule has 38 heavy (non-hydrogen) atoms. The molecule has 1 fully saturated rings. The second-order valence-electron chi connectivity index (χ2n) is 9.11. The van der Waals surface area contributed by atoms with Crippen LogP contribution in [0.25, 0.3) is 0 Å². The van der Waals surface area contributed by atoms with Gasteiger partial charge < -0.3 is 14.6 Å². The van der Waals surface area contributed by atoms with Gasteiger partial charge in [0.25, 0.3) is 5.56 Å². The standard InChI is InChI=1S/C29H28FN3O5/c1-37-22-14-12-21(13-15-22)29(19-8-4-2-5-9-19,20-10-6-3-7-11-20)31-18-23-26(35)25(30)27(38-23)33-17-16-24(34)32-28(33)36/h2-17,23,25-27,31,35H,18H2,1H3,(H,32,34,36)/t23-,25-,26-,27-/m1/s1. The van der Waals surface area contributed by atoms with Crippen LogP contribution >= 0.6 is 0 Å². The summed E-state index contributed by atoms with van der Waals surface area (Å²) in [5.74, 6) is 0.702. The highest BCUT2D eigenvalue weighted by atomic mass is 19.1. The van der Waals surface area contributed by atoms with E-state index in [-0.39, 0.29) is 6.54 Å². The lowest BCUT2D eigenvalue weighted by atomic mass is 9.77. The van der Waals surface area contributed by atoms with Crippen molar-refractivity contribution in [3.05, 3.63) is 135 Å². The molecule has 4 atom stereocenters. The Bertz CT molecular complexity index is 1430. The zero-order chi connectivity index (χ0) is 26.7. The number of rotatable bonds is 8. The maximum Gasteiger partial charge on any atom is 0.330 e. The monoisotopic (exact) mass is 517 g/mol. The molecule has 0 unspecified atom stereocenters. The Morgan fingerprint density at radius 3 is 2.08 bits per heavy atom. The van der Waals surface area contributed by atoms with Crippen LogP contribution in [0.2, 0.25) is 0 Å². The number of aromatic nitrogens is 2. The van der Waals surface area contributed by atoms with E-state index in [4.69, 9.17) is 9.47 Å². The molecule has 0 spiro atoms. The Balaban J connectivity index is 1.54. The number of hydrogen-bond acceptors (Lipinski definition) is 6. The highest BCUT2D eigenvalue weighted by Crippen LogP contribution is 2.38. The molecule has 196 valence electrons. The van der Waals surface area contributed by atoms with Crippen molar-refractivity contribution in [3.8, 4) is 5.75 Å². The molecule has 0 radical (unpaired) electrons. The predicted molar refractivity (Wildman–Crippen MR) is 140 cm³/mol. The number of aliphatic hydroxyl groups excluding tert-OH is 1. The predicted octanol–water partition coefficient (Wildman–Crippen LogP) is 2.72. The van der Waals surface area contributed by atoms with E-state index < -0.39 is 41.4 Å². The summed E-state index contributed by atoms with van der Waals surface area (Å²) in [4.78, 5) is 25.8. The van der Waals surface area contributed by atoms with Crippen LogP contribution in [0.3, 0.4) is 0 Å². The van der Waals surface area contributed by atoms with Crippen LogP contribution in [0.4, 0.5) is 4.39 Å². The Kier molecular flexibility index (Phi) is 7.24. The Morgan fingerprint density at radius 1 is 0.947 bits per heavy atom. The summed E-state index contributed by atoms with van der Waals surface area (Å²) in [6.45, 7) is 0.0476. The number of halogens is 1. The SMILES string of the molecule is COc1ccc(C(NC[C@H]2O[C@@H](n3ccc(=O)[nH]c3=O)[C@H](F)[C@@H]2O)(c2ccccc2)c2ccccc2)cc1. The molecule has 1 saturated heterocycles. The topological polar surface area (TPSA) is 106 Å².